The maximum atomic E-state index is 12.0. The summed E-state index contributed by atoms with van der Waals surface area (Å²) in [5.74, 6) is 1.30. The molecule has 282 valence electrons. The Morgan fingerprint density at radius 1 is 0.618 bits per heavy atom. The molecule has 0 amide bonds. The smallest absolute Gasteiger partial charge is 0.456 e. The third kappa shape index (κ3) is 9.46. The first-order valence-corrected chi connectivity index (χ1v) is 19.8. The van der Waals surface area contributed by atoms with E-state index in [1.54, 1.807) is 0 Å². The van der Waals surface area contributed by atoms with Gasteiger partial charge in [-0.25, -0.2) is 0 Å². The molecule has 5 nitrogen and oxygen atoms in total. The van der Waals surface area contributed by atoms with Gasteiger partial charge in [0.05, 0.1) is 13.2 Å². The molecule has 7 heteroatoms. The van der Waals surface area contributed by atoms with Crippen molar-refractivity contribution in [2.45, 2.75) is 55.4 Å². The van der Waals surface area contributed by atoms with Gasteiger partial charge in [0, 0.05) is 29.2 Å². The van der Waals surface area contributed by atoms with Crippen molar-refractivity contribution in [2.75, 3.05) is 9.91 Å². The zero-order valence-corrected chi connectivity index (χ0v) is 35.4. The van der Waals surface area contributed by atoms with Crippen molar-refractivity contribution in [3.05, 3.63) is 191 Å². The second-order valence-electron chi connectivity index (χ2n) is 14.1. The van der Waals surface area contributed by atoms with Crippen LogP contribution in [0.3, 0.4) is 0 Å². The van der Waals surface area contributed by atoms with Gasteiger partial charge in [-0.2, -0.15) is 23.7 Å². The van der Waals surface area contributed by atoms with E-state index in [9.17, 15) is 4.79 Å². The van der Waals surface area contributed by atoms with E-state index in [0.717, 1.165) is 44.8 Å². The predicted molar refractivity (Wildman–Crippen MR) is 231 cm³/mol. The molecule has 1 aliphatic heterocycles. The van der Waals surface area contributed by atoms with Crippen LogP contribution in [0.4, 0.5) is 11.4 Å². The van der Waals surface area contributed by atoms with Gasteiger partial charge in [-0.1, -0.05) is 109 Å². The third-order valence-corrected chi connectivity index (χ3v) is 13.1. The van der Waals surface area contributed by atoms with Crippen molar-refractivity contribution in [3.8, 4) is 5.75 Å². The van der Waals surface area contributed by atoms with E-state index < -0.39 is 7.92 Å². The Labute approximate surface area is 342 Å². The molecule has 1 aliphatic rings. The number of carbonyl (C=O) groups excluding carboxylic acids is 1. The van der Waals surface area contributed by atoms with E-state index in [4.69, 9.17) is 9.84 Å². The number of aryl methyl sites for hydroxylation is 7. The first-order chi connectivity index (χ1) is 25.9. The molecule has 6 aromatic rings. The Kier molecular flexibility index (Phi) is 13.6. The van der Waals surface area contributed by atoms with Crippen molar-refractivity contribution >= 4 is 47.0 Å². The van der Waals surface area contributed by atoms with Crippen LogP contribution in [0.2, 0.25) is 0 Å². The molecular formula is C48H49N3O2PPd+. The minimum absolute atomic E-state index is 0. The largest absolute Gasteiger partial charge is 2.00 e. The minimum Gasteiger partial charge on any atom is -0.456 e. The zero-order valence-electron chi connectivity index (χ0n) is 32.9. The van der Waals surface area contributed by atoms with E-state index in [-0.39, 0.29) is 26.4 Å². The second kappa shape index (κ2) is 18.1. The van der Waals surface area contributed by atoms with Gasteiger partial charge >= 0.3 is 26.4 Å². The Balaban J connectivity index is 0.000000215. The summed E-state index contributed by atoms with van der Waals surface area (Å²) in [4.78, 5) is 14.1. The van der Waals surface area contributed by atoms with Crippen molar-refractivity contribution in [1.82, 2.24) is 0 Å². The molecule has 0 N–H and O–H groups in total. The van der Waals surface area contributed by atoms with Crippen molar-refractivity contribution in [3.63, 3.8) is 0 Å². The third-order valence-electron chi connectivity index (χ3n) is 9.43. The van der Waals surface area contributed by atoms with Gasteiger partial charge in [-0.05, 0) is 94.1 Å². The van der Waals surface area contributed by atoms with Gasteiger partial charge in [-0.3, -0.25) is 4.79 Å². The van der Waals surface area contributed by atoms with Gasteiger partial charge in [0.15, 0.2) is 5.75 Å². The number of amidine groups is 1. The summed E-state index contributed by atoms with van der Waals surface area (Å²) >= 11 is 0. The van der Waals surface area contributed by atoms with E-state index in [1.165, 1.54) is 45.4 Å². The molecule has 0 fully saturated rings. The number of rotatable bonds is 7. The van der Waals surface area contributed by atoms with E-state index in [2.05, 4.69) is 120 Å². The van der Waals surface area contributed by atoms with Crippen molar-refractivity contribution in [2.24, 2.45) is 5.10 Å². The molecule has 0 saturated carbocycles. The van der Waals surface area contributed by atoms with Crippen LogP contribution in [0.25, 0.3) is 0 Å². The van der Waals surface area contributed by atoms with Gasteiger partial charge in [0.25, 0.3) is 0 Å². The monoisotopic (exact) mass is 836 g/mol. The topological polar surface area (TPSA) is 45.1 Å². The minimum atomic E-state index is -1.49. The van der Waals surface area contributed by atoms with Crippen LogP contribution in [0.15, 0.2) is 132 Å². The molecule has 55 heavy (non-hydrogen) atoms. The molecule has 0 bridgehead atoms. The number of nitrogens with zero attached hydrogens (tertiary/aromatic N) is 3. The summed E-state index contributed by atoms with van der Waals surface area (Å²) in [5, 5.41) is 10.5. The maximum Gasteiger partial charge on any atom is 2.00 e. The number of hydrogen-bond acceptors (Lipinski definition) is 5. The average molecular weight is 837 g/mol. The Morgan fingerprint density at radius 2 is 1.07 bits per heavy atom. The molecule has 0 radical (unpaired) electrons. The summed E-state index contributed by atoms with van der Waals surface area (Å²) in [6.07, 6.45) is 0. The fourth-order valence-electron chi connectivity index (χ4n) is 7.45. The summed E-state index contributed by atoms with van der Waals surface area (Å²) in [6, 6.07) is 43.8. The molecule has 7 rings (SSSR count). The normalized spacial score (nSPS) is 12.6. The number of anilines is 2. The summed E-state index contributed by atoms with van der Waals surface area (Å²) in [5.41, 5.74) is 12.8. The molecule has 0 aliphatic carbocycles. The Bertz CT molecular complexity index is 2210. The van der Waals surface area contributed by atoms with E-state index in [1.807, 2.05) is 79.3 Å². The molecule has 1 atom stereocenters. The Morgan fingerprint density at radius 3 is 1.60 bits per heavy atom. The Hall–Kier alpha value is -4.98. The van der Waals surface area contributed by atoms with Gasteiger partial charge in [-0.15, -0.1) is 12.2 Å². The van der Waals surface area contributed by atoms with Crippen LogP contribution < -0.4 is 30.6 Å². The number of carbonyl (C=O) groups is 1. The first kappa shape index (κ1) is 41.2. The van der Waals surface area contributed by atoms with Crippen LogP contribution in [0.5, 0.6) is 5.75 Å². The van der Waals surface area contributed by atoms with Gasteiger partial charge in [0.2, 0.25) is 0 Å². The molecule has 6 aromatic carbocycles. The first-order valence-electron chi connectivity index (χ1n) is 18.3. The van der Waals surface area contributed by atoms with Crippen LogP contribution in [-0.4, -0.2) is 11.8 Å². The zero-order chi connectivity index (χ0) is 38.5. The number of benzene rings is 6. The number of esters is 1. The summed E-state index contributed by atoms with van der Waals surface area (Å²) in [6.45, 7) is 22.9. The van der Waals surface area contributed by atoms with E-state index >= 15 is 0 Å². The fraction of sp³-hybridized carbons (Fsp3) is 0.167. The quantitative estimate of drug-likeness (QED) is 0.0529. The average Bonchev–Trinajstić information content (AvgIpc) is 3.57. The number of hydrogen-bond donors (Lipinski definition) is 0. The number of hydrazone groups is 1. The van der Waals surface area contributed by atoms with Crippen molar-refractivity contribution in [1.29, 1.82) is 0 Å². The second-order valence-corrected chi connectivity index (χ2v) is 16.4. The predicted octanol–water partition coefficient (Wildman–Crippen LogP) is 9.94. The van der Waals surface area contributed by atoms with Crippen LogP contribution in [-0.2, 0) is 25.2 Å². The molecule has 0 saturated heterocycles. The fourth-order valence-corrected chi connectivity index (χ4v) is 10.8. The molecule has 1 unspecified atom stereocenters. The van der Waals surface area contributed by atoms with E-state index in [0.29, 0.717) is 5.75 Å². The van der Waals surface area contributed by atoms with Gasteiger partial charge < -0.3 is 14.6 Å². The molecule has 0 spiro atoms. The van der Waals surface area contributed by atoms with Crippen LogP contribution in [0.1, 0.15) is 57.0 Å². The van der Waals surface area contributed by atoms with Crippen molar-refractivity contribution < 1.29 is 30.0 Å². The number of ether oxygens (including phenoxy) is 1. The van der Waals surface area contributed by atoms with Crippen LogP contribution in [0, 0.1) is 62.1 Å². The SMILES string of the molecule is [CH2-]c1cc(C)cc(C)c1[PH+](c1c(C)cc(C)cc1C)c1c(C)cc(C)cc1OC(C)=O.[Pd+2].c1ccc(C2=NN(c3ccccc3)[CH-]N2c2ccccc2)cc1. The maximum absolute atomic E-state index is 12.0. The summed E-state index contributed by atoms with van der Waals surface area (Å²) in [7, 11) is -1.49. The molecule has 0 aromatic heterocycles. The van der Waals surface area contributed by atoms with Crippen LogP contribution >= 0.6 is 7.92 Å². The standard InChI is InChI=1S/C28H32O2P.C20H16N3.Pd/c1-16-10-19(4)26(20(5)11-16)31(27-21(6)12-17(2)13-22(27)7)28-23(8)14-18(3)15-25(28)30-24(9)29;1-4-10-17(11-5-1)20-21-23(19-14-8-3-9-15-19)16-22(20)18-12-6-2-7-13-18;/h10-15H,4H2,1-3,5-9H3;1-16H;/q2*-1;+2/p+1. The summed E-state index contributed by atoms with van der Waals surface area (Å²) < 4.78 is 5.80. The van der Waals surface area contributed by atoms with Gasteiger partial charge in [0.1, 0.15) is 11.1 Å². The number of para-hydroxylation sites is 2. The molecular weight excluding hydrogens is 788 g/mol. The molecule has 1 heterocycles.